The number of halogens is 1. The normalized spacial score (nSPS) is 15.2. The van der Waals surface area contributed by atoms with Crippen molar-refractivity contribution in [2.45, 2.75) is 25.8 Å². The van der Waals surface area contributed by atoms with Crippen molar-refractivity contribution < 1.29 is 0 Å². The maximum atomic E-state index is 5.96. The third-order valence-corrected chi connectivity index (χ3v) is 3.20. The number of rotatable bonds is 6. The fourth-order valence-corrected chi connectivity index (χ4v) is 2.02. The van der Waals surface area contributed by atoms with Gasteiger partial charge in [0.15, 0.2) is 5.82 Å². The van der Waals surface area contributed by atoms with Crippen LogP contribution in [0.1, 0.15) is 19.8 Å². The first-order chi connectivity index (χ1) is 8.20. The van der Waals surface area contributed by atoms with Gasteiger partial charge in [-0.3, -0.25) is 4.90 Å². The molecule has 2 rings (SSSR count). The average Bonchev–Trinajstić information content (AvgIpc) is 3.13. The van der Waals surface area contributed by atoms with Crippen LogP contribution < -0.4 is 11.1 Å². The van der Waals surface area contributed by atoms with Crippen LogP contribution in [0.5, 0.6) is 0 Å². The summed E-state index contributed by atoms with van der Waals surface area (Å²) in [5, 5.41) is 3.70. The van der Waals surface area contributed by atoms with Crippen LogP contribution in [0.4, 0.5) is 11.8 Å². The van der Waals surface area contributed by atoms with E-state index in [0.717, 1.165) is 25.7 Å². The first-order valence-corrected chi connectivity index (χ1v) is 6.34. The standard InChI is InChI=1S/C11H18ClN5/c1-2-17(8-3-4-8)6-5-14-10-9(12)7-15-11(13)16-10/h7-8H,2-6H2,1H3,(H3,13,14,15,16). The quantitative estimate of drug-likeness (QED) is 0.808. The van der Waals surface area contributed by atoms with E-state index >= 15 is 0 Å². The van der Waals surface area contributed by atoms with Crippen LogP contribution in [0.25, 0.3) is 0 Å². The minimum atomic E-state index is 0.242. The van der Waals surface area contributed by atoms with Gasteiger partial charge in [0.25, 0.3) is 0 Å². The van der Waals surface area contributed by atoms with Gasteiger partial charge in [0.2, 0.25) is 5.95 Å². The molecule has 0 aromatic carbocycles. The Kier molecular flexibility index (Phi) is 4.02. The summed E-state index contributed by atoms with van der Waals surface area (Å²) in [5.41, 5.74) is 5.51. The molecule has 0 unspecified atom stereocenters. The van der Waals surface area contributed by atoms with Gasteiger partial charge in [-0.05, 0) is 19.4 Å². The fraction of sp³-hybridized carbons (Fsp3) is 0.636. The van der Waals surface area contributed by atoms with Crippen LogP contribution >= 0.6 is 11.6 Å². The van der Waals surface area contributed by atoms with Crippen molar-refractivity contribution in [1.29, 1.82) is 0 Å². The molecule has 1 aromatic heterocycles. The van der Waals surface area contributed by atoms with E-state index in [-0.39, 0.29) is 5.95 Å². The molecule has 1 aromatic rings. The molecule has 1 fully saturated rings. The Bertz CT molecular complexity index is 380. The Morgan fingerprint density at radius 1 is 1.59 bits per heavy atom. The zero-order chi connectivity index (χ0) is 12.3. The van der Waals surface area contributed by atoms with Crippen molar-refractivity contribution in [3.05, 3.63) is 11.2 Å². The molecule has 0 radical (unpaired) electrons. The zero-order valence-electron chi connectivity index (χ0n) is 9.99. The Morgan fingerprint density at radius 3 is 3.00 bits per heavy atom. The molecule has 17 heavy (non-hydrogen) atoms. The SMILES string of the molecule is CCN(CCNc1nc(N)ncc1Cl)C1CC1. The van der Waals surface area contributed by atoms with Crippen LogP contribution in [0.3, 0.4) is 0 Å². The van der Waals surface area contributed by atoms with Crippen molar-refractivity contribution in [3.63, 3.8) is 0 Å². The molecule has 1 heterocycles. The van der Waals surface area contributed by atoms with Gasteiger partial charge in [0.05, 0.1) is 6.20 Å². The van der Waals surface area contributed by atoms with Crippen molar-refractivity contribution in [2.75, 3.05) is 30.7 Å². The zero-order valence-corrected chi connectivity index (χ0v) is 10.7. The molecule has 0 amide bonds. The summed E-state index contributed by atoms with van der Waals surface area (Å²) >= 11 is 5.96. The summed E-state index contributed by atoms with van der Waals surface area (Å²) in [7, 11) is 0. The Morgan fingerprint density at radius 2 is 2.35 bits per heavy atom. The summed E-state index contributed by atoms with van der Waals surface area (Å²) < 4.78 is 0. The number of nitrogen functional groups attached to an aromatic ring is 1. The average molecular weight is 256 g/mol. The van der Waals surface area contributed by atoms with E-state index in [2.05, 4.69) is 27.1 Å². The molecular weight excluding hydrogens is 238 g/mol. The van der Waals surface area contributed by atoms with Crippen LogP contribution in [-0.4, -0.2) is 40.5 Å². The largest absolute Gasteiger partial charge is 0.368 e. The second-order valence-corrected chi connectivity index (χ2v) is 4.62. The minimum absolute atomic E-state index is 0.242. The van der Waals surface area contributed by atoms with Crippen molar-refractivity contribution >= 4 is 23.4 Å². The number of hydrogen-bond donors (Lipinski definition) is 2. The number of nitrogens with two attached hydrogens (primary N) is 1. The van der Waals surface area contributed by atoms with E-state index in [4.69, 9.17) is 17.3 Å². The highest BCUT2D eigenvalue weighted by atomic mass is 35.5. The number of nitrogens with one attached hydrogen (secondary N) is 1. The first kappa shape index (κ1) is 12.4. The third kappa shape index (κ3) is 3.44. The molecule has 94 valence electrons. The highest BCUT2D eigenvalue weighted by Gasteiger charge is 2.27. The number of anilines is 2. The molecule has 1 saturated carbocycles. The fourth-order valence-electron chi connectivity index (χ4n) is 1.86. The lowest BCUT2D eigenvalue weighted by Crippen LogP contribution is -2.31. The molecule has 0 aliphatic heterocycles. The maximum Gasteiger partial charge on any atom is 0.222 e. The van der Waals surface area contributed by atoms with E-state index in [1.807, 2.05) is 0 Å². The van der Waals surface area contributed by atoms with Crippen LogP contribution in [0.2, 0.25) is 5.02 Å². The van der Waals surface area contributed by atoms with Gasteiger partial charge in [0, 0.05) is 19.1 Å². The second kappa shape index (κ2) is 5.51. The van der Waals surface area contributed by atoms with Crippen molar-refractivity contribution in [2.24, 2.45) is 0 Å². The summed E-state index contributed by atoms with van der Waals surface area (Å²) in [5.74, 6) is 0.859. The molecule has 0 bridgehead atoms. The molecule has 5 nitrogen and oxygen atoms in total. The molecule has 3 N–H and O–H groups in total. The third-order valence-electron chi connectivity index (χ3n) is 2.92. The van der Waals surface area contributed by atoms with Crippen LogP contribution in [-0.2, 0) is 0 Å². The lowest BCUT2D eigenvalue weighted by molar-refractivity contribution is 0.289. The highest BCUT2D eigenvalue weighted by molar-refractivity contribution is 6.32. The molecule has 0 spiro atoms. The topological polar surface area (TPSA) is 67.1 Å². The first-order valence-electron chi connectivity index (χ1n) is 5.96. The van der Waals surface area contributed by atoms with E-state index in [0.29, 0.717) is 10.8 Å². The lowest BCUT2D eigenvalue weighted by Gasteiger charge is -2.20. The van der Waals surface area contributed by atoms with E-state index < -0.39 is 0 Å². The summed E-state index contributed by atoms with van der Waals surface area (Å²) in [6.45, 7) is 5.10. The Balaban J connectivity index is 1.82. The van der Waals surface area contributed by atoms with Gasteiger partial charge in [-0.1, -0.05) is 18.5 Å². The smallest absolute Gasteiger partial charge is 0.222 e. The van der Waals surface area contributed by atoms with Crippen LogP contribution in [0, 0.1) is 0 Å². The summed E-state index contributed by atoms with van der Waals surface area (Å²) in [6, 6.07) is 0.785. The predicted octanol–water partition coefficient (Wildman–Crippen LogP) is 1.61. The Hall–Kier alpha value is -1.07. The van der Waals surface area contributed by atoms with Gasteiger partial charge >= 0.3 is 0 Å². The molecule has 6 heteroatoms. The van der Waals surface area contributed by atoms with Gasteiger partial charge in [-0.2, -0.15) is 4.98 Å². The second-order valence-electron chi connectivity index (χ2n) is 4.21. The molecule has 1 aliphatic carbocycles. The molecule has 0 atom stereocenters. The lowest BCUT2D eigenvalue weighted by atomic mass is 10.4. The van der Waals surface area contributed by atoms with Gasteiger partial charge in [0.1, 0.15) is 5.02 Å². The van der Waals surface area contributed by atoms with E-state index in [1.165, 1.54) is 19.0 Å². The van der Waals surface area contributed by atoms with Gasteiger partial charge < -0.3 is 11.1 Å². The molecular formula is C11H18ClN5. The highest BCUT2D eigenvalue weighted by Crippen LogP contribution is 2.26. The van der Waals surface area contributed by atoms with E-state index in [9.17, 15) is 0 Å². The predicted molar refractivity (Wildman–Crippen MR) is 70.2 cm³/mol. The summed E-state index contributed by atoms with van der Waals surface area (Å²) in [6.07, 6.45) is 4.18. The van der Waals surface area contributed by atoms with Crippen LogP contribution in [0.15, 0.2) is 6.20 Å². The number of likely N-dealkylation sites (N-methyl/N-ethyl adjacent to an activating group) is 1. The van der Waals surface area contributed by atoms with Gasteiger partial charge in [-0.15, -0.1) is 0 Å². The maximum absolute atomic E-state index is 5.96. The number of hydrogen-bond acceptors (Lipinski definition) is 5. The summed E-state index contributed by atoms with van der Waals surface area (Å²) in [4.78, 5) is 10.3. The molecule has 1 aliphatic rings. The Labute approximate surface area is 106 Å². The monoisotopic (exact) mass is 255 g/mol. The van der Waals surface area contributed by atoms with Crippen molar-refractivity contribution in [1.82, 2.24) is 14.9 Å². The van der Waals surface area contributed by atoms with Gasteiger partial charge in [-0.25, -0.2) is 4.98 Å². The minimum Gasteiger partial charge on any atom is -0.368 e. The van der Waals surface area contributed by atoms with Crippen molar-refractivity contribution in [3.8, 4) is 0 Å². The van der Waals surface area contributed by atoms with E-state index in [1.54, 1.807) is 0 Å². The number of nitrogens with zero attached hydrogens (tertiary/aromatic N) is 3. The molecule has 0 saturated heterocycles. The number of aromatic nitrogens is 2.